The molecular weight excluding hydrogens is 318 g/mol. The fourth-order valence-corrected chi connectivity index (χ4v) is 2.99. The van der Waals surface area contributed by atoms with Gasteiger partial charge in [-0.05, 0) is 43.5 Å². The lowest BCUT2D eigenvalue weighted by molar-refractivity contribution is 0.102. The van der Waals surface area contributed by atoms with Gasteiger partial charge >= 0.3 is 0 Å². The van der Waals surface area contributed by atoms with Gasteiger partial charge in [-0.1, -0.05) is 0 Å². The Labute approximate surface area is 147 Å². The summed E-state index contributed by atoms with van der Waals surface area (Å²) in [5, 5.41) is 2.86. The molecule has 2 aromatic rings. The van der Waals surface area contributed by atoms with Gasteiger partial charge in [-0.3, -0.25) is 9.78 Å². The van der Waals surface area contributed by atoms with Crippen LogP contribution < -0.4 is 19.7 Å². The summed E-state index contributed by atoms with van der Waals surface area (Å²) in [6, 6.07) is 9.06. The van der Waals surface area contributed by atoms with Gasteiger partial charge in [-0.15, -0.1) is 0 Å². The number of anilines is 2. The lowest BCUT2D eigenvalue weighted by Gasteiger charge is -2.28. The second kappa shape index (κ2) is 7.88. The maximum absolute atomic E-state index is 12.6. The molecular formula is C19H23N3O3. The van der Waals surface area contributed by atoms with Gasteiger partial charge in [-0.2, -0.15) is 0 Å². The molecule has 25 heavy (non-hydrogen) atoms. The Kier molecular flexibility index (Phi) is 5.38. The molecule has 0 bridgehead atoms. The minimum atomic E-state index is -0.273. The number of piperidine rings is 1. The molecule has 1 aromatic carbocycles. The van der Waals surface area contributed by atoms with E-state index in [4.69, 9.17) is 9.47 Å². The zero-order chi connectivity index (χ0) is 17.6. The van der Waals surface area contributed by atoms with Crippen LogP contribution >= 0.6 is 0 Å². The monoisotopic (exact) mass is 341 g/mol. The van der Waals surface area contributed by atoms with Crippen LogP contribution in [0.3, 0.4) is 0 Å². The van der Waals surface area contributed by atoms with Crippen molar-refractivity contribution in [2.75, 3.05) is 37.5 Å². The molecule has 1 aliphatic rings. The first-order valence-corrected chi connectivity index (χ1v) is 8.45. The van der Waals surface area contributed by atoms with Crippen LogP contribution in [0.5, 0.6) is 11.5 Å². The fraction of sp³-hybridized carbons (Fsp3) is 0.368. The van der Waals surface area contributed by atoms with E-state index in [9.17, 15) is 4.79 Å². The second-order valence-corrected chi connectivity index (χ2v) is 5.97. The van der Waals surface area contributed by atoms with E-state index in [1.807, 2.05) is 12.1 Å². The maximum Gasteiger partial charge on any atom is 0.274 e. The largest absolute Gasteiger partial charge is 0.497 e. The third kappa shape index (κ3) is 4.02. The van der Waals surface area contributed by atoms with Crippen molar-refractivity contribution in [1.82, 2.24) is 4.98 Å². The van der Waals surface area contributed by atoms with Crippen molar-refractivity contribution in [3.63, 3.8) is 0 Å². The number of methoxy groups -OCH3 is 2. The number of nitrogens with one attached hydrogen (secondary N) is 1. The highest BCUT2D eigenvalue weighted by molar-refractivity contribution is 6.04. The van der Waals surface area contributed by atoms with Crippen LogP contribution in [0.4, 0.5) is 11.4 Å². The molecule has 0 spiro atoms. The zero-order valence-electron chi connectivity index (χ0n) is 14.6. The van der Waals surface area contributed by atoms with Gasteiger partial charge in [0.1, 0.15) is 17.2 Å². The number of aromatic nitrogens is 1. The summed E-state index contributed by atoms with van der Waals surface area (Å²) >= 11 is 0. The Hall–Kier alpha value is -2.76. The van der Waals surface area contributed by atoms with Crippen molar-refractivity contribution >= 4 is 17.3 Å². The Morgan fingerprint density at radius 1 is 1.08 bits per heavy atom. The summed E-state index contributed by atoms with van der Waals surface area (Å²) in [6.07, 6.45) is 5.32. The van der Waals surface area contributed by atoms with Crippen LogP contribution in [-0.4, -0.2) is 38.2 Å². The lowest BCUT2D eigenvalue weighted by atomic mass is 10.1. The predicted octanol–water partition coefficient (Wildman–Crippen LogP) is 3.34. The van der Waals surface area contributed by atoms with Crippen LogP contribution in [0.25, 0.3) is 0 Å². The average Bonchev–Trinajstić information content (AvgIpc) is 2.68. The fourth-order valence-electron chi connectivity index (χ4n) is 2.99. The van der Waals surface area contributed by atoms with Gasteiger partial charge in [0.2, 0.25) is 0 Å². The molecule has 0 aliphatic carbocycles. The highest BCUT2D eigenvalue weighted by Crippen LogP contribution is 2.29. The highest BCUT2D eigenvalue weighted by Gasteiger charge is 2.16. The first kappa shape index (κ1) is 17.1. The maximum atomic E-state index is 12.6. The van der Waals surface area contributed by atoms with Crippen LogP contribution in [0.15, 0.2) is 36.5 Å². The van der Waals surface area contributed by atoms with E-state index in [1.54, 1.807) is 38.6 Å². The third-order valence-corrected chi connectivity index (χ3v) is 4.35. The summed E-state index contributed by atoms with van der Waals surface area (Å²) in [6.45, 7) is 2.05. The minimum absolute atomic E-state index is 0.273. The van der Waals surface area contributed by atoms with Crippen LogP contribution in [-0.2, 0) is 0 Å². The van der Waals surface area contributed by atoms with Crippen molar-refractivity contribution in [1.29, 1.82) is 0 Å². The molecule has 6 heteroatoms. The molecule has 1 amide bonds. The molecule has 1 aliphatic heterocycles. The van der Waals surface area contributed by atoms with E-state index >= 15 is 0 Å². The third-order valence-electron chi connectivity index (χ3n) is 4.35. The van der Waals surface area contributed by atoms with Crippen molar-refractivity contribution in [2.24, 2.45) is 0 Å². The number of carbonyl (C=O) groups is 1. The van der Waals surface area contributed by atoms with Gasteiger partial charge < -0.3 is 19.7 Å². The van der Waals surface area contributed by atoms with E-state index in [0.717, 1.165) is 18.8 Å². The molecule has 132 valence electrons. The number of benzene rings is 1. The van der Waals surface area contributed by atoms with Crippen molar-refractivity contribution in [2.45, 2.75) is 19.3 Å². The molecule has 1 aromatic heterocycles. The number of ether oxygens (including phenoxy) is 2. The van der Waals surface area contributed by atoms with Gasteiger partial charge in [0.15, 0.2) is 0 Å². The molecule has 0 unspecified atom stereocenters. The lowest BCUT2D eigenvalue weighted by Crippen LogP contribution is -2.29. The number of hydrogen-bond donors (Lipinski definition) is 1. The van der Waals surface area contributed by atoms with Crippen LogP contribution in [0.1, 0.15) is 29.8 Å². The van der Waals surface area contributed by atoms with Gasteiger partial charge in [0.05, 0.1) is 19.9 Å². The normalized spacial score (nSPS) is 14.1. The average molecular weight is 341 g/mol. The number of hydrogen-bond acceptors (Lipinski definition) is 5. The molecule has 2 heterocycles. The zero-order valence-corrected chi connectivity index (χ0v) is 14.6. The molecule has 1 fully saturated rings. The number of amides is 1. The smallest absolute Gasteiger partial charge is 0.274 e. The summed E-state index contributed by atoms with van der Waals surface area (Å²) < 4.78 is 10.5. The number of pyridine rings is 1. The molecule has 1 N–H and O–H groups in total. The molecule has 6 nitrogen and oxygen atoms in total. The Balaban J connectivity index is 1.79. The van der Waals surface area contributed by atoms with Crippen molar-refractivity contribution in [3.8, 4) is 11.5 Å². The molecule has 0 saturated carbocycles. The van der Waals surface area contributed by atoms with E-state index in [1.165, 1.54) is 19.3 Å². The van der Waals surface area contributed by atoms with Gasteiger partial charge in [0, 0.05) is 31.0 Å². The number of carbonyl (C=O) groups excluding carboxylic acids is 1. The van der Waals surface area contributed by atoms with Gasteiger partial charge in [-0.25, -0.2) is 0 Å². The Morgan fingerprint density at radius 2 is 1.88 bits per heavy atom. The number of rotatable bonds is 5. The van der Waals surface area contributed by atoms with Crippen molar-refractivity contribution < 1.29 is 14.3 Å². The van der Waals surface area contributed by atoms with E-state index in [-0.39, 0.29) is 5.91 Å². The van der Waals surface area contributed by atoms with Crippen molar-refractivity contribution in [3.05, 3.63) is 42.2 Å². The Bertz CT molecular complexity index is 742. The first-order chi connectivity index (χ1) is 12.2. The minimum Gasteiger partial charge on any atom is -0.497 e. The van der Waals surface area contributed by atoms with Gasteiger partial charge in [0.25, 0.3) is 5.91 Å². The second-order valence-electron chi connectivity index (χ2n) is 5.97. The first-order valence-electron chi connectivity index (χ1n) is 8.45. The van der Waals surface area contributed by atoms with E-state index < -0.39 is 0 Å². The standard InChI is InChI=1S/C19H23N3O3/c1-24-15-6-7-18(25-2)16(13-15)21-19(23)17-12-14(8-9-20-17)22-10-4-3-5-11-22/h6-9,12-13H,3-5,10-11H2,1-2H3,(H,21,23). The SMILES string of the molecule is COc1ccc(OC)c(NC(=O)c2cc(N3CCCCC3)ccn2)c1. The summed E-state index contributed by atoms with van der Waals surface area (Å²) in [4.78, 5) is 19.1. The summed E-state index contributed by atoms with van der Waals surface area (Å²) in [5.41, 5.74) is 1.97. The highest BCUT2D eigenvalue weighted by atomic mass is 16.5. The molecule has 1 saturated heterocycles. The Morgan fingerprint density at radius 3 is 2.60 bits per heavy atom. The molecule has 0 atom stereocenters. The topological polar surface area (TPSA) is 63.7 Å². The predicted molar refractivity (Wildman–Crippen MR) is 97.8 cm³/mol. The quantitative estimate of drug-likeness (QED) is 0.904. The van der Waals surface area contributed by atoms with Crippen LogP contribution in [0, 0.1) is 0 Å². The molecule has 0 radical (unpaired) electrons. The van der Waals surface area contributed by atoms with E-state index in [0.29, 0.717) is 22.9 Å². The summed E-state index contributed by atoms with van der Waals surface area (Å²) in [5.74, 6) is 0.942. The van der Waals surface area contributed by atoms with E-state index in [2.05, 4.69) is 15.2 Å². The number of nitrogens with zero attached hydrogens (tertiary/aromatic N) is 2. The summed E-state index contributed by atoms with van der Waals surface area (Å²) in [7, 11) is 3.14. The molecule has 3 rings (SSSR count). The van der Waals surface area contributed by atoms with Crippen LogP contribution in [0.2, 0.25) is 0 Å².